The molecule has 1 aromatic heterocycles. The van der Waals surface area contributed by atoms with E-state index in [2.05, 4.69) is 4.98 Å². The van der Waals surface area contributed by atoms with E-state index in [-0.39, 0.29) is 12.0 Å². The summed E-state index contributed by atoms with van der Waals surface area (Å²) in [5, 5.41) is 1.07. The molecular formula is C22H20N2O2. The molecule has 1 aliphatic heterocycles. The summed E-state index contributed by atoms with van der Waals surface area (Å²) in [5.41, 5.74) is 2.96. The number of aromatic nitrogens is 1. The standard InChI is InChI=1S/C22H20N2O2/c25-21(12-11-19-9-4-8-18-10-5-13-23-22(18)19)24-14-15-26-20(16-24)17-6-2-1-3-7-17/h1-13,20H,14-16H2/b12-11+. The number of hydrogen-bond donors (Lipinski definition) is 0. The number of fused-ring (bicyclic) bond motifs is 1. The third-order valence-electron chi connectivity index (χ3n) is 4.62. The van der Waals surface area contributed by atoms with E-state index < -0.39 is 0 Å². The predicted octanol–water partition coefficient (Wildman–Crippen LogP) is 3.85. The zero-order valence-corrected chi connectivity index (χ0v) is 14.4. The molecule has 0 aliphatic carbocycles. The summed E-state index contributed by atoms with van der Waals surface area (Å²) in [7, 11) is 0. The maximum Gasteiger partial charge on any atom is 0.246 e. The monoisotopic (exact) mass is 344 g/mol. The van der Waals surface area contributed by atoms with Crippen molar-refractivity contribution >= 4 is 22.9 Å². The molecule has 1 saturated heterocycles. The van der Waals surface area contributed by atoms with Gasteiger partial charge in [0.25, 0.3) is 0 Å². The van der Waals surface area contributed by atoms with E-state index in [1.807, 2.05) is 71.6 Å². The highest BCUT2D eigenvalue weighted by molar-refractivity contribution is 5.95. The molecule has 2 aromatic carbocycles. The van der Waals surface area contributed by atoms with Crippen LogP contribution in [0.4, 0.5) is 0 Å². The third-order valence-corrected chi connectivity index (χ3v) is 4.62. The number of nitrogens with zero attached hydrogens (tertiary/aromatic N) is 2. The fourth-order valence-electron chi connectivity index (χ4n) is 3.25. The topological polar surface area (TPSA) is 42.4 Å². The number of carbonyl (C=O) groups is 1. The average Bonchev–Trinajstić information content (AvgIpc) is 2.72. The molecule has 0 radical (unpaired) electrons. The number of hydrogen-bond acceptors (Lipinski definition) is 3. The highest BCUT2D eigenvalue weighted by atomic mass is 16.5. The maximum atomic E-state index is 12.6. The number of morpholine rings is 1. The molecule has 0 bridgehead atoms. The summed E-state index contributed by atoms with van der Waals surface area (Å²) in [4.78, 5) is 18.9. The number of rotatable bonds is 3. The van der Waals surface area contributed by atoms with Crippen molar-refractivity contribution in [3.63, 3.8) is 0 Å². The Bertz CT molecular complexity index is 932. The fraction of sp³-hybridized carbons (Fsp3) is 0.182. The van der Waals surface area contributed by atoms with Crippen molar-refractivity contribution in [2.75, 3.05) is 19.7 Å². The van der Waals surface area contributed by atoms with Crippen LogP contribution in [-0.2, 0) is 9.53 Å². The maximum absolute atomic E-state index is 12.6. The Labute approximate surface area is 152 Å². The minimum Gasteiger partial charge on any atom is -0.370 e. The SMILES string of the molecule is O=C(/C=C/c1cccc2cccnc12)N1CCOC(c2ccccc2)C1. The zero-order chi connectivity index (χ0) is 17.8. The zero-order valence-electron chi connectivity index (χ0n) is 14.4. The summed E-state index contributed by atoms with van der Waals surface area (Å²) in [5.74, 6) is 0.00200. The molecule has 1 unspecified atom stereocenters. The van der Waals surface area contributed by atoms with Crippen LogP contribution in [-0.4, -0.2) is 35.5 Å². The van der Waals surface area contributed by atoms with Gasteiger partial charge in [-0.2, -0.15) is 0 Å². The fourth-order valence-corrected chi connectivity index (χ4v) is 3.25. The highest BCUT2D eigenvalue weighted by Gasteiger charge is 2.24. The van der Waals surface area contributed by atoms with E-state index >= 15 is 0 Å². The van der Waals surface area contributed by atoms with Gasteiger partial charge in [-0.05, 0) is 17.7 Å². The molecule has 1 aliphatic rings. The van der Waals surface area contributed by atoms with Crippen LogP contribution in [0.1, 0.15) is 17.2 Å². The van der Waals surface area contributed by atoms with Gasteiger partial charge in [0.05, 0.1) is 18.7 Å². The summed E-state index contributed by atoms with van der Waals surface area (Å²) < 4.78 is 5.84. The third kappa shape index (κ3) is 3.51. The number of benzene rings is 2. The molecule has 1 amide bonds. The second-order valence-corrected chi connectivity index (χ2v) is 6.31. The average molecular weight is 344 g/mol. The van der Waals surface area contributed by atoms with Gasteiger partial charge in [-0.25, -0.2) is 0 Å². The van der Waals surface area contributed by atoms with E-state index in [1.54, 1.807) is 12.3 Å². The number of ether oxygens (including phenoxy) is 1. The molecule has 26 heavy (non-hydrogen) atoms. The lowest BCUT2D eigenvalue weighted by Gasteiger charge is -2.32. The van der Waals surface area contributed by atoms with Gasteiger partial charge < -0.3 is 9.64 Å². The lowest BCUT2D eigenvalue weighted by atomic mass is 10.1. The van der Waals surface area contributed by atoms with Crippen molar-refractivity contribution in [3.8, 4) is 0 Å². The Hall–Kier alpha value is -2.98. The van der Waals surface area contributed by atoms with E-state index in [1.165, 1.54) is 0 Å². The second-order valence-electron chi connectivity index (χ2n) is 6.31. The van der Waals surface area contributed by atoms with Crippen LogP contribution < -0.4 is 0 Å². The van der Waals surface area contributed by atoms with Crippen LogP contribution >= 0.6 is 0 Å². The molecule has 1 atom stereocenters. The lowest BCUT2D eigenvalue weighted by Crippen LogP contribution is -2.41. The minimum absolute atomic E-state index is 0.00200. The van der Waals surface area contributed by atoms with Gasteiger partial charge in [-0.1, -0.05) is 54.6 Å². The smallest absolute Gasteiger partial charge is 0.246 e. The molecule has 1 fully saturated rings. The normalized spacial score (nSPS) is 17.7. The quantitative estimate of drug-likeness (QED) is 0.678. The molecule has 4 rings (SSSR count). The van der Waals surface area contributed by atoms with Crippen LogP contribution in [0.15, 0.2) is 72.9 Å². The predicted molar refractivity (Wildman–Crippen MR) is 102 cm³/mol. The molecule has 2 heterocycles. The summed E-state index contributed by atoms with van der Waals surface area (Å²) >= 11 is 0. The van der Waals surface area contributed by atoms with E-state index in [0.717, 1.165) is 22.0 Å². The first-order valence-electron chi connectivity index (χ1n) is 8.78. The highest BCUT2D eigenvalue weighted by Crippen LogP contribution is 2.22. The van der Waals surface area contributed by atoms with E-state index in [9.17, 15) is 4.79 Å². The first-order chi connectivity index (χ1) is 12.8. The Balaban J connectivity index is 1.49. The summed E-state index contributed by atoms with van der Waals surface area (Å²) in [6.45, 7) is 1.73. The van der Waals surface area contributed by atoms with Crippen molar-refractivity contribution in [3.05, 3.63) is 84.1 Å². The van der Waals surface area contributed by atoms with Crippen molar-refractivity contribution in [2.24, 2.45) is 0 Å². The van der Waals surface area contributed by atoms with Crippen LogP contribution in [0, 0.1) is 0 Å². The van der Waals surface area contributed by atoms with Crippen LogP contribution in [0.2, 0.25) is 0 Å². The molecule has 0 saturated carbocycles. The molecule has 0 spiro atoms. The number of amides is 1. The molecule has 3 aromatic rings. The van der Waals surface area contributed by atoms with Crippen molar-refractivity contribution < 1.29 is 9.53 Å². The molecule has 0 N–H and O–H groups in total. The number of pyridine rings is 1. The largest absolute Gasteiger partial charge is 0.370 e. The van der Waals surface area contributed by atoms with Crippen molar-refractivity contribution in [2.45, 2.75) is 6.10 Å². The Morgan fingerprint density at radius 1 is 1.08 bits per heavy atom. The van der Waals surface area contributed by atoms with Crippen LogP contribution in [0.25, 0.3) is 17.0 Å². The van der Waals surface area contributed by atoms with Crippen LogP contribution in [0.3, 0.4) is 0 Å². The first-order valence-corrected chi connectivity index (χ1v) is 8.78. The second kappa shape index (κ2) is 7.50. The molecular weight excluding hydrogens is 324 g/mol. The van der Waals surface area contributed by atoms with Crippen molar-refractivity contribution in [1.29, 1.82) is 0 Å². The Morgan fingerprint density at radius 2 is 1.92 bits per heavy atom. The Morgan fingerprint density at radius 3 is 2.81 bits per heavy atom. The lowest BCUT2D eigenvalue weighted by molar-refractivity contribution is -0.133. The Kier molecular flexibility index (Phi) is 4.75. The summed E-state index contributed by atoms with van der Waals surface area (Å²) in [6.07, 6.45) is 5.19. The first kappa shape index (κ1) is 16.5. The molecule has 4 heteroatoms. The number of carbonyl (C=O) groups excluding carboxylic acids is 1. The van der Waals surface area contributed by atoms with E-state index in [4.69, 9.17) is 4.74 Å². The minimum atomic E-state index is -0.0680. The summed E-state index contributed by atoms with van der Waals surface area (Å²) in [6, 6.07) is 20.0. The molecule has 130 valence electrons. The molecule has 4 nitrogen and oxygen atoms in total. The van der Waals surface area contributed by atoms with Crippen LogP contribution in [0.5, 0.6) is 0 Å². The van der Waals surface area contributed by atoms with Gasteiger partial charge in [-0.3, -0.25) is 9.78 Å². The van der Waals surface area contributed by atoms with E-state index in [0.29, 0.717) is 19.7 Å². The van der Waals surface area contributed by atoms with Gasteiger partial charge in [0.15, 0.2) is 0 Å². The van der Waals surface area contributed by atoms with Gasteiger partial charge in [0.1, 0.15) is 6.10 Å². The van der Waals surface area contributed by atoms with Gasteiger partial charge >= 0.3 is 0 Å². The van der Waals surface area contributed by atoms with Gasteiger partial charge in [0, 0.05) is 29.8 Å². The van der Waals surface area contributed by atoms with Crippen molar-refractivity contribution in [1.82, 2.24) is 9.88 Å². The van der Waals surface area contributed by atoms with Gasteiger partial charge in [0.2, 0.25) is 5.91 Å². The van der Waals surface area contributed by atoms with Gasteiger partial charge in [-0.15, -0.1) is 0 Å². The number of para-hydroxylation sites is 1.